The zero-order valence-electron chi connectivity index (χ0n) is 36.9. The molecule has 2 heterocycles. The van der Waals surface area contributed by atoms with Crippen LogP contribution in [0.15, 0.2) is 48.5 Å². The van der Waals surface area contributed by atoms with E-state index in [1.165, 1.54) is 77.0 Å². The minimum absolute atomic E-state index is 0. The molecule has 0 spiro atoms. The van der Waals surface area contributed by atoms with Gasteiger partial charge < -0.3 is 21.3 Å². The van der Waals surface area contributed by atoms with Crippen molar-refractivity contribution in [3.05, 3.63) is 81.1 Å². The van der Waals surface area contributed by atoms with Crippen LogP contribution in [0.2, 0.25) is 10.0 Å². The summed E-state index contributed by atoms with van der Waals surface area (Å²) in [7, 11) is 3.92. The lowest BCUT2D eigenvalue weighted by atomic mass is 9.49. The molecule has 2 amide bonds. The molecular formula is C50H67Cl5N6O2. The smallest absolute Gasteiger partial charge is 0.253 e. The Hall–Kier alpha value is -2.43. The fraction of sp³-hybridized carbons (Fsp3) is 0.600. The van der Waals surface area contributed by atoms with Crippen molar-refractivity contribution >= 4 is 94.0 Å². The minimum Gasteiger partial charge on any atom is -0.351 e. The molecule has 0 aliphatic heterocycles. The fourth-order valence-electron chi connectivity index (χ4n) is 13.8. The number of aromatic nitrogens is 2. The monoisotopic (exact) mass is 958 g/mol. The van der Waals surface area contributed by atoms with E-state index in [0.29, 0.717) is 32.0 Å². The van der Waals surface area contributed by atoms with Crippen LogP contribution < -0.4 is 21.3 Å². The van der Waals surface area contributed by atoms with E-state index in [1.807, 2.05) is 62.6 Å². The number of pyridine rings is 2. The van der Waals surface area contributed by atoms with Crippen LogP contribution in [0, 0.1) is 46.3 Å². The number of benzene rings is 2. The molecule has 8 nitrogen and oxygen atoms in total. The SMILES string of the molecule is CNCCCc1ccc2c(C(=O)NCC34CC5CC(CC(C5)C3)C4)c(Cl)ccc2n1.CNCCCc1ccc2c(C(=O)NCC34CC5CC(CC(C5)C3)C4)c(Cl)ccc2n1.Cl.Cl.Cl. The Bertz CT molecular complexity index is 2010. The minimum atomic E-state index is -0.0499. The number of amides is 2. The number of halogens is 5. The quantitative estimate of drug-likeness (QED) is 0.0938. The Morgan fingerprint density at radius 1 is 0.540 bits per heavy atom. The molecule has 4 aromatic rings. The van der Waals surface area contributed by atoms with Gasteiger partial charge in [0.05, 0.1) is 32.2 Å². The Morgan fingerprint density at radius 2 is 0.873 bits per heavy atom. The molecule has 8 aliphatic carbocycles. The van der Waals surface area contributed by atoms with E-state index in [0.717, 1.165) is 121 Å². The van der Waals surface area contributed by atoms with E-state index in [-0.39, 0.29) is 49.0 Å². The van der Waals surface area contributed by atoms with Gasteiger partial charge in [-0.25, -0.2) is 0 Å². The third kappa shape index (κ3) is 11.1. The molecule has 0 saturated heterocycles. The zero-order valence-corrected chi connectivity index (χ0v) is 40.9. The summed E-state index contributed by atoms with van der Waals surface area (Å²) in [5.74, 6) is 5.23. The summed E-state index contributed by atoms with van der Waals surface area (Å²) >= 11 is 13.0. The van der Waals surface area contributed by atoms with E-state index in [4.69, 9.17) is 33.2 Å². The average Bonchev–Trinajstić information content (AvgIpc) is 3.21. The Labute approximate surface area is 403 Å². The van der Waals surface area contributed by atoms with Crippen LogP contribution in [0.5, 0.6) is 0 Å². The first-order valence-electron chi connectivity index (χ1n) is 23.1. The van der Waals surface area contributed by atoms with Crippen molar-refractivity contribution in [2.75, 3.05) is 40.3 Å². The molecule has 0 radical (unpaired) electrons. The van der Waals surface area contributed by atoms with Crippen LogP contribution in [0.25, 0.3) is 21.8 Å². The number of nitrogens with zero attached hydrogens (tertiary/aromatic N) is 2. The highest BCUT2D eigenvalue weighted by atomic mass is 35.5. The van der Waals surface area contributed by atoms with Gasteiger partial charge >= 0.3 is 0 Å². The lowest BCUT2D eigenvalue weighted by molar-refractivity contribution is -0.0504. The summed E-state index contributed by atoms with van der Waals surface area (Å²) in [5.41, 5.74) is 5.60. The molecule has 2 aromatic heterocycles. The summed E-state index contributed by atoms with van der Waals surface area (Å²) in [4.78, 5) is 36.0. The second kappa shape index (κ2) is 21.5. The van der Waals surface area contributed by atoms with E-state index in [2.05, 4.69) is 21.3 Å². The summed E-state index contributed by atoms with van der Waals surface area (Å²) in [6.45, 7) is 3.52. The maximum absolute atomic E-state index is 13.2. The number of carbonyl (C=O) groups excluding carboxylic acids is 2. The first-order chi connectivity index (χ1) is 29.1. The highest BCUT2D eigenvalue weighted by Crippen LogP contribution is 2.61. The molecule has 8 bridgehead atoms. The van der Waals surface area contributed by atoms with Gasteiger partial charge in [0, 0.05) is 35.2 Å². The molecule has 8 fully saturated rings. The van der Waals surface area contributed by atoms with Gasteiger partial charge in [0.2, 0.25) is 0 Å². The highest BCUT2D eigenvalue weighted by Gasteiger charge is 2.52. The van der Waals surface area contributed by atoms with Crippen LogP contribution in [-0.4, -0.2) is 62.1 Å². The molecule has 63 heavy (non-hydrogen) atoms. The average molecular weight is 961 g/mol. The third-order valence-corrected chi connectivity index (χ3v) is 16.1. The van der Waals surface area contributed by atoms with Crippen LogP contribution >= 0.6 is 60.4 Å². The zero-order chi connectivity index (χ0) is 41.4. The molecule has 13 heteroatoms. The van der Waals surface area contributed by atoms with Crippen molar-refractivity contribution in [1.82, 2.24) is 31.2 Å². The van der Waals surface area contributed by atoms with Gasteiger partial charge in [-0.2, -0.15) is 0 Å². The summed E-state index contributed by atoms with van der Waals surface area (Å²) < 4.78 is 0. The van der Waals surface area contributed by atoms with Crippen molar-refractivity contribution in [2.45, 2.75) is 103 Å². The molecule has 4 N–H and O–H groups in total. The summed E-state index contributed by atoms with van der Waals surface area (Å²) in [5, 5.41) is 15.6. The van der Waals surface area contributed by atoms with Crippen LogP contribution in [0.4, 0.5) is 0 Å². The Balaban J connectivity index is 0.000000200. The number of hydrogen-bond donors (Lipinski definition) is 4. The first kappa shape index (κ1) is 50.0. The normalized spacial score (nSPS) is 28.1. The van der Waals surface area contributed by atoms with Gasteiger partial charge in [0.1, 0.15) is 0 Å². The van der Waals surface area contributed by atoms with Crippen molar-refractivity contribution < 1.29 is 9.59 Å². The molecule has 0 unspecified atom stereocenters. The van der Waals surface area contributed by atoms with Gasteiger partial charge in [0.15, 0.2) is 0 Å². The van der Waals surface area contributed by atoms with Gasteiger partial charge in [0.25, 0.3) is 11.8 Å². The van der Waals surface area contributed by atoms with E-state index < -0.39 is 0 Å². The lowest BCUT2D eigenvalue weighted by Crippen LogP contribution is -2.51. The number of hydrogen-bond acceptors (Lipinski definition) is 6. The van der Waals surface area contributed by atoms with Crippen molar-refractivity contribution in [3.8, 4) is 0 Å². The number of fused-ring (bicyclic) bond motifs is 2. The molecule has 8 aliphatic rings. The Morgan fingerprint density at radius 3 is 1.19 bits per heavy atom. The number of aryl methyl sites for hydroxylation is 2. The van der Waals surface area contributed by atoms with Crippen LogP contribution in [0.3, 0.4) is 0 Å². The van der Waals surface area contributed by atoms with Crippen molar-refractivity contribution in [1.29, 1.82) is 0 Å². The Kier molecular flexibility index (Phi) is 17.0. The van der Waals surface area contributed by atoms with E-state index in [9.17, 15) is 9.59 Å². The molecule has 344 valence electrons. The van der Waals surface area contributed by atoms with Crippen molar-refractivity contribution in [3.63, 3.8) is 0 Å². The lowest BCUT2D eigenvalue weighted by Gasteiger charge is -2.56. The summed E-state index contributed by atoms with van der Waals surface area (Å²) in [6, 6.07) is 15.6. The standard InChI is InChI=1S/2C25H32ClN3O.3ClH/c2*1-27-8-2-3-19-4-5-20-22(29-19)7-6-21(26)23(20)24(30)28-15-25-12-16-9-17(13-25)11-18(10-16)14-25;;;/h2*4-7,16-18,27H,2-3,8-15H2,1H3,(H,28,30);3*1H. The third-order valence-electron chi connectivity index (χ3n) is 15.5. The number of rotatable bonds is 14. The van der Waals surface area contributed by atoms with Crippen molar-refractivity contribution in [2.24, 2.45) is 46.3 Å². The first-order valence-corrected chi connectivity index (χ1v) is 23.9. The summed E-state index contributed by atoms with van der Waals surface area (Å²) in [6.07, 6.45) is 20.2. The van der Waals surface area contributed by atoms with Gasteiger partial charge in [-0.1, -0.05) is 35.3 Å². The second-order valence-corrected chi connectivity index (χ2v) is 21.0. The predicted molar refractivity (Wildman–Crippen MR) is 266 cm³/mol. The highest BCUT2D eigenvalue weighted by molar-refractivity contribution is 6.36. The van der Waals surface area contributed by atoms with Gasteiger partial charge in [-0.3, -0.25) is 19.6 Å². The van der Waals surface area contributed by atoms with Crippen LogP contribution in [0.1, 0.15) is 122 Å². The number of carbonyl (C=O) groups is 2. The topological polar surface area (TPSA) is 108 Å². The molecule has 2 aromatic carbocycles. The largest absolute Gasteiger partial charge is 0.351 e. The second-order valence-electron chi connectivity index (χ2n) is 20.2. The maximum Gasteiger partial charge on any atom is 0.253 e. The maximum atomic E-state index is 13.2. The molecule has 0 atom stereocenters. The van der Waals surface area contributed by atoms with Gasteiger partial charge in [-0.15, -0.1) is 37.2 Å². The predicted octanol–water partition coefficient (Wildman–Crippen LogP) is 11.2. The van der Waals surface area contributed by atoms with E-state index >= 15 is 0 Å². The molecule has 8 saturated carbocycles. The molecular weight excluding hydrogens is 894 g/mol. The van der Waals surface area contributed by atoms with Crippen LogP contribution in [-0.2, 0) is 12.8 Å². The van der Waals surface area contributed by atoms with E-state index in [1.54, 1.807) is 0 Å². The number of nitrogens with one attached hydrogen (secondary N) is 4. The van der Waals surface area contributed by atoms with Gasteiger partial charge in [-0.05, 0) is 213 Å². The molecule has 12 rings (SSSR count). The fourth-order valence-corrected chi connectivity index (χ4v) is 14.3.